The van der Waals surface area contributed by atoms with Gasteiger partial charge in [0.15, 0.2) is 0 Å². The fraction of sp³-hybridized carbons (Fsp3) is 0.800. The van der Waals surface area contributed by atoms with Gasteiger partial charge in [-0.05, 0) is 20.3 Å². The maximum Gasteiger partial charge on any atom is 0.115 e. The van der Waals surface area contributed by atoms with E-state index in [1.54, 1.807) is 0 Å². The summed E-state index contributed by atoms with van der Waals surface area (Å²) in [6, 6.07) is 0. The van der Waals surface area contributed by atoms with Gasteiger partial charge in [0, 0.05) is 0 Å². The van der Waals surface area contributed by atoms with E-state index in [1.807, 2.05) is 0 Å². The van der Waals surface area contributed by atoms with Crippen LogP contribution in [0.1, 0.15) is 20.3 Å². The van der Waals surface area contributed by atoms with Crippen molar-refractivity contribution in [1.29, 1.82) is 0 Å². The van der Waals surface area contributed by atoms with Crippen LogP contribution in [0.2, 0.25) is 0 Å². The van der Waals surface area contributed by atoms with Crippen LogP contribution in [0.3, 0.4) is 0 Å². The van der Waals surface area contributed by atoms with Crippen molar-refractivity contribution >= 4 is 0 Å². The molecular weight excluding hydrogens is 168 g/mol. The molecule has 74 valence electrons. The number of rotatable bonds is 4. The molecular formula is C10H16O3. The number of aliphatic hydroxyl groups excluding tert-OH is 1. The lowest BCUT2D eigenvalue weighted by Crippen LogP contribution is -2.07. The summed E-state index contributed by atoms with van der Waals surface area (Å²) < 4.78 is 10.7. The Morgan fingerprint density at radius 1 is 1.23 bits per heavy atom. The predicted molar refractivity (Wildman–Crippen MR) is 48.5 cm³/mol. The molecule has 2 rings (SSSR count). The molecule has 0 aliphatic carbocycles. The van der Waals surface area contributed by atoms with Crippen molar-refractivity contribution < 1.29 is 14.6 Å². The van der Waals surface area contributed by atoms with Crippen molar-refractivity contribution in [2.75, 3.05) is 6.61 Å². The lowest BCUT2D eigenvalue weighted by molar-refractivity contribution is 0.240. The number of epoxide rings is 2. The Kier molecular flexibility index (Phi) is 2.41. The largest absolute Gasteiger partial charge is 0.394 e. The van der Waals surface area contributed by atoms with Gasteiger partial charge in [0.2, 0.25) is 0 Å². The molecule has 0 saturated carbocycles. The number of allylic oxidation sites excluding steroid dienone is 1. The summed E-state index contributed by atoms with van der Waals surface area (Å²) in [5.74, 6) is 0. The van der Waals surface area contributed by atoms with Gasteiger partial charge in [-0.3, -0.25) is 0 Å². The molecule has 0 unspecified atom stereocenters. The van der Waals surface area contributed by atoms with E-state index in [2.05, 4.69) is 19.9 Å². The average Bonchev–Trinajstić information content (AvgIpc) is 2.95. The van der Waals surface area contributed by atoms with Gasteiger partial charge in [0.1, 0.15) is 18.3 Å². The summed E-state index contributed by atoms with van der Waals surface area (Å²) in [5, 5.41) is 8.77. The van der Waals surface area contributed by atoms with Gasteiger partial charge in [-0.2, -0.15) is 0 Å². The van der Waals surface area contributed by atoms with E-state index in [0.29, 0.717) is 6.10 Å². The highest BCUT2D eigenvalue weighted by atomic mass is 16.7. The van der Waals surface area contributed by atoms with Gasteiger partial charge in [0.05, 0.1) is 12.7 Å². The van der Waals surface area contributed by atoms with Crippen molar-refractivity contribution in [3.05, 3.63) is 11.6 Å². The SMILES string of the molecule is CC(C)=CC[C@@H]1O[C@H]1[C@H]1O[C@H]1CO. The Balaban J connectivity index is 1.69. The molecule has 0 radical (unpaired) electrons. The van der Waals surface area contributed by atoms with E-state index in [0.717, 1.165) is 6.42 Å². The fourth-order valence-electron chi connectivity index (χ4n) is 1.58. The first-order valence-corrected chi connectivity index (χ1v) is 4.77. The van der Waals surface area contributed by atoms with E-state index in [1.165, 1.54) is 5.57 Å². The second-order valence-corrected chi connectivity index (χ2v) is 3.98. The highest BCUT2D eigenvalue weighted by Crippen LogP contribution is 2.40. The first-order valence-electron chi connectivity index (χ1n) is 4.77. The first kappa shape index (κ1) is 9.19. The molecule has 3 nitrogen and oxygen atoms in total. The normalized spacial score (nSPS) is 41.5. The average molecular weight is 184 g/mol. The molecule has 2 fully saturated rings. The standard InChI is InChI=1S/C10H16O3/c1-6(2)3-4-7-9(12-7)10-8(5-11)13-10/h3,7-11H,4-5H2,1-2H3/t7-,8-,9+,10-/m0/s1. The number of hydrogen-bond donors (Lipinski definition) is 1. The molecule has 0 amide bonds. The van der Waals surface area contributed by atoms with Crippen LogP contribution in [-0.4, -0.2) is 36.1 Å². The van der Waals surface area contributed by atoms with E-state index in [4.69, 9.17) is 14.6 Å². The van der Waals surface area contributed by atoms with E-state index in [9.17, 15) is 0 Å². The second-order valence-electron chi connectivity index (χ2n) is 3.98. The van der Waals surface area contributed by atoms with Crippen LogP contribution in [0.25, 0.3) is 0 Å². The minimum Gasteiger partial charge on any atom is -0.394 e. The molecule has 2 heterocycles. The molecule has 1 N–H and O–H groups in total. The highest BCUT2D eigenvalue weighted by Gasteiger charge is 2.56. The molecule has 0 aromatic rings. The monoisotopic (exact) mass is 184 g/mol. The summed E-state index contributed by atoms with van der Waals surface area (Å²) >= 11 is 0. The smallest absolute Gasteiger partial charge is 0.115 e. The number of hydrogen-bond acceptors (Lipinski definition) is 3. The molecule has 3 heteroatoms. The zero-order valence-electron chi connectivity index (χ0n) is 8.06. The third kappa shape index (κ3) is 2.10. The van der Waals surface area contributed by atoms with E-state index < -0.39 is 0 Å². The maximum atomic E-state index is 8.77. The quantitative estimate of drug-likeness (QED) is 0.521. The van der Waals surface area contributed by atoms with Crippen LogP contribution in [0.5, 0.6) is 0 Å². The van der Waals surface area contributed by atoms with Gasteiger partial charge < -0.3 is 14.6 Å². The third-order valence-corrected chi connectivity index (χ3v) is 2.51. The van der Waals surface area contributed by atoms with Crippen LogP contribution in [0, 0.1) is 0 Å². The second kappa shape index (κ2) is 3.40. The minimum absolute atomic E-state index is 0.0432. The molecule has 2 aliphatic rings. The van der Waals surface area contributed by atoms with Crippen LogP contribution >= 0.6 is 0 Å². The molecule has 4 atom stereocenters. The highest BCUT2D eigenvalue weighted by molar-refractivity contribution is 5.06. The van der Waals surface area contributed by atoms with Gasteiger partial charge >= 0.3 is 0 Å². The zero-order chi connectivity index (χ0) is 9.42. The van der Waals surface area contributed by atoms with Crippen LogP contribution in [0.15, 0.2) is 11.6 Å². The van der Waals surface area contributed by atoms with Crippen molar-refractivity contribution in [1.82, 2.24) is 0 Å². The molecule has 0 aromatic heterocycles. The van der Waals surface area contributed by atoms with Gasteiger partial charge in [-0.25, -0.2) is 0 Å². The molecule has 0 bridgehead atoms. The van der Waals surface area contributed by atoms with E-state index >= 15 is 0 Å². The van der Waals surface area contributed by atoms with Crippen molar-refractivity contribution in [2.24, 2.45) is 0 Å². The topological polar surface area (TPSA) is 45.3 Å². The lowest BCUT2D eigenvalue weighted by atomic mass is 10.1. The molecule has 2 saturated heterocycles. The molecule has 2 aliphatic heterocycles. The molecule has 0 aromatic carbocycles. The minimum atomic E-state index is 0.0432. The van der Waals surface area contributed by atoms with Gasteiger partial charge in [-0.1, -0.05) is 11.6 Å². The summed E-state index contributed by atoms with van der Waals surface area (Å²) in [5.41, 5.74) is 1.32. The van der Waals surface area contributed by atoms with Crippen molar-refractivity contribution in [3.8, 4) is 0 Å². The zero-order valence-corrected chi connectivity index (χ0v) is 8.06. The van der Waals surface area contributed by atoms with Gasteiger partial charge in [0.25, 0.3) is 0 Å². The number of ether oxygens (including phenoxy) is 2. The van der Waals surface area contributed by atoms with E-state index in [-0.39, 0.29) is 24.9 Å². The summed E-state index contributed by atoms with van der Waals surface area (Å²) in [4.78, 5) is 0. The van der Waals surface area contributed by atoms with Crippen molar-refractivity contribution in [2.45, 2.75) is 44.7 Å². The Morgan fingerprint density at radius 2 is 1.85 bits per heavy atom. The first-order chi connectivity index (χ1) is 6.22. The Bertz CT molecular complexity index is 220. The number of aliphatic hydroxyl groups is 1. The van der Waals surface area contributed by atoms with Crippen LogP contribution in [-0.2, 0) is 9.47 Å². The summed E-state index contributed by atoms with van der Waals surface area (Å²) in [6.45, 7) is 4.29. The lowest BCUT2D eigenvalue weighted by Gasteiger charge is -1.88. The Morgan fingerprint density at radius 3 is 2.38 bits per heavy atom. The maximum absolute atomic E-state index is 8.77. The fourth-order valence-corrected chi connectivity index (χ4v) is 1.58. The van der Waals surface area contributed by atoms with Crippen LogP contribution < -0.4 is 0 Å². The summed E-state index contributed by atoms with van der Waals surface area (Å²) in [7, 11) is 0. The predicted octanol–water partition coefficient (Wildman–Crippen LogP) is 0.870. The molecule has 0 spiro atoms. The Labute approximate surface area is 78.3 Å². The summed E-state index contributed by atoms with van der Waals surface area (Å²) in [6.07, 6.45) is 3.94. The molecule has 13 heavy (non-hydrogen) atoms. The van der Waals surface area contributed by atoms with Crippen molar-refractivity contribution in [3.63, 3.8) is 0 Å². The van der Waals surface area contributed by atoms with Crippen LogP contribution in [0.4, 0.5) is 0 Å². The van der Waals surface area contributed by atoms with Gasteiger partial charge in [-0.15, -0.1) is 0 Å². The Hall–Kier alpha value is -0.380. The third-order valence-electron chi connectivity index (χ3n) is 2.51.